The van der Waals surface area contributed by atoms with Gasteiger partial charge >= 0.3 is 5.97 Å². The van der Waals surface area contributed by atoms with Crippen LogP contribution in [0.4, 0.5) is 0 Å². The number of carbonyl (C=O) groups excluding carboxylic acids is 1. The third-order valence-electron chi connectivity index (χ3n) is 5.99. The number of hydrogen-bond acceptors (Lipinski definition) is 2. The Morgan fingerprint density at radius 2 is 2.06 bits per heavy atom. The second kappa shape index (κ2) is 4.00. The quantitative estimate of drug-likeness (QED) is 0.699. The highest BCUT2D eigenvalue weighted by Crippen LogP contribution is 2.66. The Bertz CT molecular complexity index is 321. The van der Waals surface area contributed by atoms with Gasteiger partial charge in [-0.15, -0.1) is 0 Å². The van der Waals surface area contributed by atoms with Gasteiger partial charge in [0.2, 0.25) is 0 Å². The lowest BCUT2D eigenvalue weighted by Crippen LogP contribution is -2.39. The van der Waals surface area contributed by atoms with Crippen molar-refractivity contribution in [2.75, 3.05) is 0 Å². The van der Waals surface area contributed by atoms with Gasteiger partial charge in [0.1, 0.15) is 6.10 Å². The van der Waals surface area contributed by atoms with Gasteiger partial charge in [-0.25, -0.2) is 0 Å². The van der Waals surface area contributed by atoms with Crippen LogP contribution in [0.5, 0.6) is 0 Å². The SMILES string of the molecule is CCC(C)C(=O)OC1C[C@H]2CC[C@@]1(C)C2(C)C. The molecule has 0 amide bonds. The summed E-state index contributed by atoms with van der Waals surface area (Å²) in [6.07, 6.45) is 4.61. The van der Waals surface area contributed by atoms with E-state index in [0.29, 0.717) is 5.41 Å². The first-order chi connectivity index (χ1) is 7.83. The molecule has 0 spiro atoms. The average Bonchev–Trinajstić information content (AvgIpc) is 2.60. The van der Waals surface area contributed by atoms with Gasteiger partial charge in [0.05, 0.1) is 5.92 Å². The number of rotatable bonds is 3. The van der Waals surface area contributed by atoms with Gasteiger partial charge in [0.25, 0.3) is 0 Å². The topological polar surface area (TPSA) is 26.3 Å². The number of ether oxygens (including phenoxy) is 1. The molecule has 2 saturated carbocycles. The fraction of sp³-hybridized carbons (Fsp3) is 0.933. The minimum Gasteiger partial charge on any atom is -0.462 e. The molecule has 2 bridgehead atoms. The molecule has 2 unspecified atom stereocenters. The van der Waals surface area contributed by atoms with Gasteiger partial charge in [0, 0.05) is 5.41 Å². The highest BCUT2D eigenvalue weighted by molar-refractivity contribution is 5.72. The van der Waals surface area contributed by atoms with Crippen LogP contribution in [0.2, 0.25) is 0 Å². The second-order valence-corrected chi connectivity index (χ2v) is 6.85. The number of esters is 1. The first kappa shape index (κ1) is 12.9. The van der Waals surface area contributed by atoms with Crippen LogP contribution in [0.15, 0.2) is 0 Å². The van der Waals surface area contributed by atoms with Crippen molar-refractivity contribution in [3.63, 3.8) is 0 Å². The molecule has 0 aromatic heterocycles. The number of carbonyl (C=O) groups is 1. The summed E-state index contributed by atoms with van der Waals surface area (Å²) in [5, 5.41) is 0. The summed E-state index contributed by atoms with van der Waals surface area (Å²) in [6, 6.07) is 0. The van der Waals surface area contributed by atoms with E-state index in [1.54, 1.807) is 0 Å². The molecule has 0 aromatic carbocycles. The lowest BCUT2D eigenvalue weighted by molar-refractivity contribution is -0.161. The van der Waals surface area contributed by atoms with Crippen molar-refractivity contribution in [2.24, 2.45) is 22.7 Å². The van der Waals surface area contributed by atoms with Crippen LogP contribution >= 0.6 is 0 Å². The molecule has 2 nitrogen and oxygen atoms in total. The van der Waals surface area contributed by atoms with Crippen molar-refractivity contribution in [1.29, 1.82) is 0 Å². The van der Waals surface area contributed by atoms with Crippen LogP contribution in [-0.4, -0.2) is 12.1 Å². The highest BCUT2D eigenvalue weighted by Gasteiger charge is 2.62. The highest BCUT2D eigenvalue weighted by atomic mass is 16.5. The number of fused-ring (bicyclic) bond motifs is 2. The van der Waals surface area contributed by atoms with Crippen molar-refractivity contribution in [2.45, 2.75) is 66.4 Å². The maximum absolute atomic E-state index is 11.9. The summed E-state index contributed by atoms with van der Waals surface area (Å²) in [5.41, 5.74) is 0.522. The zero-order chi connectivity index (χ0) is 12.8. The molecule has 0 aliphatic heterocycles. The summed E-state index contributed by atoms with van der Waals surface area (Å²) < 4.78 is 5.80. The molecule has 4 atom stereocenters. The monoisotopic (exact) mass is 238 g/mol. The van der Waals surface area contributed by atoms with E-state index in [4.69, 9.17) is 4.74 Å². The fourth-order valence-electron chi connectivity index (χ4n) is 3.73. The van der Waals surface area contributed by atoms with Gasteiger partial charge in [-0.1, -0.05) is 34.6 Å². The molecule has 2 heteroatoms. The molecule has 2 aliphatic carbocycles. The van der Waals surface area contributed by atoms with Crippen LogP contribution in [0.1, 0.15) is 60.3 Å². The standard InChI is InChI=1S/C15H26O2/c1-6-10(2)13(16)17-12-9-11-7-8-15(12,5)14(11,3)4/h10-12H,6-9H2,1-5H3/t10?,11-,12?,15-/m1/s1. The van der Waals surface area contributed by atoms with E-state index in [2.05, 4.69) is 20.8 Å². The minimum atomic E-state index is 0.00192. The molecule has 0 radical (unpaired) electrons. The van der Waals surface area contributed by atoms with Crippen molar-refractivity contribution in [3.05, 3.63) is 0 Å². The Morgan fingerprint density at radius 3 is 2.47 bits per heavy atom. The van der Waals surface area contributed by atoms with Crippen LogP contribution in [0.25, 0.3) is 0 Å². The van der Waals surface area contributed by atoms with E-state index in [1.165, 1.54) is 12.8 Å². The Balaban J connectivity index is 2.08. The predicted molar refractivity (Wildman–Crippen MR) is 68.6 cm³/mol. The van der Waals surface area contributed by atoms with Gasteiger partial charge in [-0.2, -0.15) is 0 Å². The molecular formula is C15H26O2. The van der Waals surface area contributed by atoms with E-state index in [0.717, 1.165) is 18.8 Å². The maximum Gasteiger partial charge on any atom is 0.308 e. The normalized spacial score (nSPS) is 40.3. The molecule has 2 fully saturated rings. The zero-order valence-corrected chi connectivity index (χ0v) is 11.9. The average molecular weight is 238 g/mol. The van der Waals surface area contributed by atoms with E-state index in [1.807, 2.05) is 13.8 Å². The Labute approximate surface area is 105 Å². The Hall–Kier alpha value is -0.530. The molecule has 2 rings (SSSR count). The summed E-state index contributed by atoms with van der Waals surface area (Å²) in [5.74, 6) is 0.783. The molecule has 0 saturated heterocycles. The van der Waals surface area contributed by atoms with Crippen molar-refractivity contribution in [1.82, 2.24) is 0 Å². The predicted octanol–water partition coefficient (Wildman–Crippen LogP) is 3.79. The smallest absolute Gasteiger partial charge is 0.308 e. The molecule has 98 valence electrons. The van der Waals surface area contributed by atoms with Gasteiger partial charge in [-0.3, -0.25) is 4.79 Å². The molecular weight excluding hydrogens is 212 g/mol. The summed E-state index contributed by atoms with van der Waals surface area (Å²) in [4.78, 5) is 11.9. The van der Waals surface area contributed by atoms with Crippen LogP contribution in [0.3, 0.4) is 0 Å². The Morgan fingerprint density at radius 1 is 1.41 bits per heavy atom. The summed E-state index contributed by atoms with van der Waals surface area (Å²) in [7, 11) is 0. The molecule has 0 heterocycles. The van der Waals surface area contributed by atoms with Gasteiger partial charge in [-0.05, 0) is 37.0 Å². The number of hydrogen-bond donors (Lipinski definition) is 0. The molecule has 17 heavy (non-hydrogen) atoms. The largest absolute Gasteiger partial charge is 0.462 e. The maximum atomic E-state index is 11.9. The third kappa shape index (κ3) is 1.71. The zero-order valence-electron chi connectivity index (χ0n) is 11.9. The van der Waals surface area contributed by atoms with E-state index < -0.39 is 0 Å². The van der Waals surface area contributed by atoms with Crippen molar-refractivity contribution in [3.8, 4) is 0 Å². The molecule has 2 aliphatic rings. The van der Waals surface area contributed by atoms with Crippen molar-refractivity contribution >= 4 is 5.97 Å². The van der Waals surface area contributed by atoms with E-state index in [9.17, 15) is 4.79 Å². The van der Waals surface area contributed by atoms with E-state index >= 15 is 0 Å². The van der Waals surface area contributed by atoms with Gasteiger partial charge in [0.15, 0.2) is 0 Å². The first-order valence-corrected chi connectivity index (χ1v) is 7.03. The van der Waals surface area contributed by atoms with Gasteiger partial charge < -0.3 is 4.74 Å². The molecule has 0 aromatic rings. The Kier molecular flexibility index (Phi) is 3.04. The lowest BCUT2D eigenvalue weighted by atomic mass is 9.70. The van der Waals surface area contributed by atoms with Crippen LogP contribution in [-0.2, 0) is 9.53 Å². The second-order valence-electron chi connectivity index (χ2n) is 6.85. The fourth-order valence-corrected chi connectivity index (χ4v) is 3.73. The molecule has 0 N–H and O–H groups in total. The van der Waals surface area contributed by atoms with Crippen LogP contribution in [0, 0.1) is 22.7 Å². The first-order valence-electron chi connectivity index (χ1n) is 7.03. The van der Waals surface area contributed by atoms with E-state index in [-0.39, 0.29) is 23.4 Å². The van der Waals surface area contributed by atoms with Crippen LogP contribution < -0.4 is 0 Å². The summed E-state index contributed by atoms with van der Waals surface area (Å²) >= 11 is 0. The third-order valence-corrected chi connectivity index (χ3v) is 5.99. The lowest BCUT2D eigenvalue weighted by Gasteiger charge is -2.38. The van der Waals surface area contributed by atoms with Crippen molar-refractivity contribution < 1.29 is 9.53 Å². The minimum absolute atomic E-state index is 0.00192. The summed E-state index contributed by atoms with van der Waals surface area (Å²) in [6.45, 7) is 11.0.